The van der Waals surface area contributed by atoms with Gasteiger partial charge in [-0.1, -0.05) is 327 Å². The van der Waals surface area contributed by atoms with Gasteiger partial charge in [0.05, 0.1) is 0 Å². The second kappa shape index (κ2) is 31.4. The molecular formula is C84H126N8O2Si3. The third-order valence-corrected chi connectivity index (χ3v) is 36.9. The first-order valence-electron chi connectivity index (χ1n) is 39.2. The van der Waals surface area contributed by atoms with E-state index in [4.69, 9.17) is 30.0 Å². The van der Waals surface area contributed by atoms with E-state index in [-0.39, 0.29) is 21.7 Å². The first kappa shape index (κ1) is 74.5. The summed E-state index contributed by atoms with van der Waals surface area (Å²) in [6.45, 7) is 42.2. The Balaban J connectivity index is 1.54. The highest BCUT2D eigenvalue weighted by molar-refractivity contribution is 6.89. The fourth-order valence-corrected chi connectivity index (χ4v) is 33.4. The molecule has 10 rings (SSSR count). The van der Waals surface area contributed by atoms with Crippen LogP contribution in [0.5, 0.6) is 0 Å². The summed E-state index contributed by atoms with van der Waals surface area (Å²) in [6.07, 6.45) is 28.3. The van der Waals surface area contributed by atoms with Gasteiger partial charge in [0.1, 0.15) is 22.6 Å². The molecule has 0 unspecified atom stereocenters. The number of hydrogen-bond acceptors (Lipinski definition) is 8. The van der Waals surface area contributed by atoms with Crippen molar-refractivity contribution in [3.63, 3.8) is 0 Å². The van der Waals surface area contributed by atoms with Crippen molar-refractivity contribution in [2.24, 2.45) is 30.0 Å². The summed E-state index contributed by atoms with van der Waals surface area (Å²) in [7, 11) is -10.7. The number of rotatable bonds is 34. The molecular weight excluding hydrogens is 1240 g/mol. The molecule has 0 spiro atoms. The van der Waals surface area contributed by atoms with Crippen LogP contribution in [0.15, 0.2) is 103 Å². The minimum atomic E-state index is -4.66. The van der Waals surface area contributed by atoms with Crippen molar-refractivity contribution in [2.75, 3.05) is 0 Å². The third-order valence-electron chi connectivity index (χ3n) is 21.8. The van der Waals surface area contributed by atoms with Crippen LogP contribution in [-0.4, -0.2) is 57.3 Å². The SMILES string of the molecule is CCCCCC[Si](CCCCCC)(CCCCCC)O[Si]1(O[Si](CCCCCC)(CCCCCC)CCCCCC)n2c3c4cc(C(C)(C)C)ccc4c2N=C2N=C(N=c4c5cc(C(C)(C)C)ccc5c(n41)=NC1=NC(=N3)c3cc(C(C)(C)C)ccc31)c1cc(C(C)(C)C)ccc12. The molecule has 0 N–H and O–H groups in total. The average Bonchev–Trinajstić information content (AvgIpc) is 1.55. The number of hydrogen-bond donors (Lipinski definition) is 0. The number of amidine groups is 4. The zero-order valence-corrected chi connectivity index (χ0v) is 67.0. The first-order valence-corrected chi connectivity index (χ1v) is 45.9. The Hall–Kier alpha value is -5.19. The van der Waals surface area contributed by atoms with E-state index in [1.54, 1.807) is 0 Å². The monoisotopic (exact) mass is 1360 g/mol. The molecule has 0 saturated heterocycles. The summed E-state index contributed by atoms with van der Waals surface area (Å²) in [4.78, 5) is 36.8. The topological polar surface area (TPSA) is 102 Å². The van der Waals surface area contributed by atoms with Crippen molar-refractivity contribution in [2.45, 2.75) is 337 Å². The van der Waals surface area contributed by atoms with Gasteiger partial charge in [0, 0.05) is 43.8 Å². The van der Waals surface area contributed by atoms with Crippen LogP contribution >= 0.6 is 0 Å². The summed E-state index contributed by atoms with van der Waals surface area (Å²) in [5, 5.41) is 4.13. The van der Waals surface area contributed by atoms with Gasteiger partial charge in [-0.05, 0) is 104 Å². The van der Waals surface area contributed by atoms with E-state index < -0.39 is 25.5 Å². The molecule has 0 fully saturated rings. The standard InChI is InChI=1S/C84H126N8O2Si3/c1-19-25-31-37-51-95(52-38-32-26-20-2,53-39-33-27-21-3)93-97(94-96(54-40-34-28-22-4,55-41-35-29-23-5)56-42-36-30-24-6)91-78-67-49-45-63(83(13,14)15)59-71(67)79(91)89-75-69-57-61(81(7,8)9)43-47-65(69)73(85-75)87-77-68-50-46-64(84(16,17)18)60-72(68)80(92(77)97)90-76-70-58-62(82(10,11)12)44-48-66(70)74(86-76)88-78/h43-50,57-60H,19-42,51-56H2,1-18H3. The van der Waals surface area contributed by atoms with E-state index in [1.165, 1.54) is 138 Å². The van der Waals surface area contributed by atoms with E-state index in [0.29, 0.717) is 23.3 Å². The van der Waals surface area contributed by atoms with Crippen LogP contribution in [0.2, 0.25) is 36.3 Å². The van der Waals surface area contributed by atoms with E-state index in [0.717, 1.165) is 141 Å². The van der Waals surface area contributed by atoms with E-state index in [1.807, 2.05) is 0 Å². The van der Waals surface area contributed by atoms with E-state index in [9.17, 15) is 8.23 Å². The van der Waals surface area contributed by atoms with E-state index in [2.05, 4.69) is 206 Å². The molecule has 4 aromatic carbocycles. The van der Waals surface area contributed by atoms with Crippen LogP contribution in [-0.2, 0) is 29.9 Å². The Bertz CT molecular complexity index is 3890. The summed E-state index contributed by atoms with van der Waals surface area (Å²) < 4.78 is 24.8. The van der Waals surface area contributed by atoms with Crippen molar-refractivity contribution < 1.29 is 8.23 Å². The maximum Gasteiger partial charge on any atom is 0.582 e. The van der Waals surface area contributed by atoms with Gasteiger partial charge in [-0.15, -0.1) is 0 Å². The Morgan fingerprint density at radius 2 is 0.598 bits per heavy atom. The molecule has 6 heterocycles. The maximum atomic E-state index is 9.78. The van der Waals surface area contributed by atoms with Crippen LogP contribution in [0.4, 0.5) is 11.6 Å². The summed E-state index contributed by atoms with van der Waals surface area (Å²) in [6, 6.07) is 34.8. The molecule has 13 heteroatoms. The molecule has 2 aromatic heterocycles. The zero-order valence-electron chi connectivity index (χ0n) is 64.0. The molecule has 526 valence electrons. The average molecular weight is 1360 g/mol. The largest absolute Gasteiger partial charge is 0.582 e. The molecule has 10 nitrogen and oxygen atoms in total. The third kappa shape index (κ3) is 16.4. The number of aliphatic imine (C=N–C) groups is 4. The normalized spacial score (nSPS) is 15.3. The highest BCUT2D eigenvalue weighted by Crippen LogP contribution is 2.49. The minimum absolute atomic E-state index is 0.139. The molecule has 0 radical (unpaired) electrons. The van der Waals surface area contributed by atoms with Gasteiger partial charge >= 0.3 is 8.88 Å². The summed E-state index contributed by atoms with van der Waals surface area (Å²) in [5.74, 6) is 4.30. The lowest BCUT2D eigenvalue weighted by atomic mass is 9.85. The van der Waals surface area contributed by atoms with Gasteiger partial charge < -0.3 is 8.23 Å². The minimum Gasteiger partial charge on any atom is -0.404 e. The Labute approximate surface area is 590 Å². The second-order valence-corrected chi connectivity index (χ2v) is 45.3. The van der Waals surface area contributed by atoms with Crippen molar-refractivity contribution in [3.8, 4) is 0 Å². The summed E-state index contributed by atoms with van der Waals surface area (Å²) in [5.41, 5.74) is 9.87. The van der Waals surface area contributed by atoms with Crippen LogP contribution < -0.4 is 11.0 Å². The molecule has 4 aliphatic heterocycles. The molecule has 6 bridgehead atoms. The van der Waals surface area contributed by atoms with Crippen molar-refractivity contribution in [1.82, 2.24) is 8.47 Å². The number of fused-ring (bicyclic) bond motifs is 14. The lowest BCUT2D eigenvalue weighted by Gasteiger charge is -2.47. The lowest BCUT2D eigenvalue weighted by Crippen LogP contribution is -2.71. The van der Waals surface area contributed by atoms with Crippen molar-refractivity contribution in [1.29, 1.82) is 0 Å². The van der Waals surface area contributed by atoms with Crippen molar-refractivity contribution >= 4 is 82.0 Å². The van der Waals surface area contributed by atoms with Crippen LogP contribution in [0.3, 0.4) is 0 Å². The highest BCUT2D eigenvalue weighted by atomic mass is 28.5. The van der Waals surface area contributed by atoms with Gasteiger partial charge in [0.15, 0.2) is 40.0 Å². The number of unbranched alkanes of at least 4 members (excludes halogenated alkanes) is 18. The number of aromatic nitrogens is 2. The molecule has 4 aliphatic rings. The Morgan fingerprint density at radius 1 is 0.299 bits per heavy atom. The Morgan fingerprint density at radius 3 is 0.969 bits per heavy atom. The fourth-order valence-electron chi connectivity index (χ4n) is 15.6. The highest BCUT2D eigenvalue weighted by Gasteiger charge is 2.61. The van der Waals surface area contributed by atoms with Crippen LogP contribution in [0.1, 0.15) is 323 Å². The zero-order chi connectivity index (χ0) is 69.6. The molecule has 0 saturated carbocycles. The smallest absolute Gasteiger partial charge is 0.404 e. The molecule has 0 atom stereocenters. The van der Waals surface area contributed by atoms with Gasteiger partial charge in [0.25, 0.3) is 0 Å². The number of nitrogens with zero attached hydrogens (tertiary/aromatic N) is 8. The van der Waals surface area contributed by atoms with Crippen molar-refractivity contribution in [3.05, 3.63) is 128 Å². The molecule has 97 heavy (non-hydrogen) atoms. The predicted molar refractivity (Wildman–Crippen MR) is 423 cm³/mol. The molecule has 0 amide bonds. The molecule has 0 aliphatic carbocycles. The van der Waals surface area contributed by atoms with Gasteiger partial charge in [-0.25, -0.2) is 30.0 Å². The second-order valence-electron chi connectivity index (χ2n) is 34.0. The predicted octanol–water partition coefficient (Wildman–Crippen LogP) is 24.0. The van der Waals surface area contributed by atoms with Gasteiger partial charge in [0.2, 0.25) is 0 Å². The van der Waals surface area contributed by atoms with E-state index >= 15 is 0 Å². The van der Waals surface area contributed by atoms with Gasteiger partial charge in [-0.2, -0.15) is 0 Å². The summed E-state index contributed by atoms with van der Waals surface area (Å²) >= 11 is 0. The van der Waals surface area contributed by atoms with Gasteiger partial charge in [-0.3, -0.25) is 8.47 Å². The first-order chi connectivity index (χ1) is 46.3. The number of benzene rings is 4. The van der Waals surface area contributed by atoms with Crippen LogP contribution in [0.25, 0.3) is 21.5 Å². The Kier molecular flexibility index (Phi) is 24.1. The molecule has 6 aromatic rings. The lowest BCUT2D eigenvalue weighted by molar-refractivity contribution is 0.317. The maximum absolute atomic E-state index is 9.78. The fraction of sp³-hybridized carbons (Fsp3) is 0.619. The quantitative estimate of drug-likeness (QED) is 0.0297. The van der Waals surface area contributed by atoms with Crippen LogP contribution in [0, 0.1) is 0 Å².